The molecule has 0 aromatic carbocycles. The van der Waals surface area contributed by atoms with Gasteiger partial charge in [0, 0.05) is 19.5 Å². The third-order valence-electron chi connectivity index (χ3n) is 4.17. The number of hydrogen-bond acceptors (Lipinski definition) is 4. The van der Waals surface area contributed by atoms with Crippen molar-refractivity contribution in [3.8, 4) is 10.6 Å². The van der Waals surface area contributed by atoms with E-state index in [1.54, 1.807) is 0 Å². The summed E-state index contributed by atoms with van der Waals surface area (Å²) in [7, 11) is 0. The summed E-state index contributed by atoms with van der Waals surface area (Å²) in [6, 6.07) is 7.56. The zero-order valence-corrected chi connectivity index (χ0v) is 13.8. The summed E-state index contributed by atoms with van der Waals surface area (Å²) < 4.78 is 5.59. The molecule has 1 fully saturated rings. The standard InChI is InChI=1S/C17H19NO4S/c1-11-2-3-13(22-11)14-4-5-15(23-14)17(21)18-8-6-12(7-9-18)10-16(19)20/h2-5,12H,6-10H2,1H3,(H,19,20). The molecule has 0 spiro atoms. The summed E-state index contributed by atoms with van der Waals surface area (Å²) in [5.41, 5.74) is 0. The van der Waals surface area contributed by atoms with Crippen LogP contribution in [0.4, 0.5) is 0 Å². The molecule has 1 saturated heterocycles. The van der Waals surface area contributed by atoms with Crippen molar-refractivity contribution < 1.29 is 19.1 Å². The van der Waals surface area contributed by atoms with Crippen LogP contribution in [0.1, 0.15) is 34.7 Å². The molecule has 122 valence electrons. The van der Waals surface area contributed by atoms with Gasteiger partial charge in [-0.1, -0.05) is 0 Å². The molecule has 5 nitrogen and oxygen atoms in total. The number of piperidine rings is 1. The van der Waals surface area contributed by atoms with Gasteiger partial charge in [0.15, 0.2) is 0 Å². The average Bonchev–Trinajstić information content (AvgIpc) is 3.15. The first-order valence-corrected chi connectivity index (χ1v) is 8.52. The van der Waals surface area contributed by atoms with Crippen molar-refractivity contribution in [3.63, 3.8) is 0 Å². The Balaban J connectivity index is 1.63. The van der Waals surface area contributed by atoms with Gasteiger partial charge in [-0.15, -0.1) is 11.3 Å². The lowest BCUT2D eigenvalue weighted by atomic mass is 9.93. The largest absolute Gasteiger partial charge is 0.481 e. The number of nitrogens with zero attached hydrogens (tertiary/aromatic N) is 1. The van der Waals surface area contributed by atoms with Crippen LogP contribution in [0, 0.1) is 12.8 Å². The first-order chi connectivity index (χ1) is 11.0. The second-order valence-corrected chi connectivity index (χ2v) is 6.99. The minimum Gasteiger partial charge on any atom is -0.481 e. The van der Waals surface area contributed by atoms with Crippen molar-refractivity contribution in [3.05, 3.63) is 34.9 Å². The number of thiophene rings is 1. The number of rotatable bonds is 4. The fraction of sp³-hybridized carbons (Fsp3) is 0.412. The maximum atomic E-state index is 12.6. The van der Waals surface area contributed by atoms with Gasteiger partial charge >= 0.3 is 5.97 Å². The molecule has 3 rings (SSSR count). The van der Waals surface area contributed by atoms with E-state index in [-0.39, 0.29) is 18.2 Å². The molecule has 6 heteroatoms. The summed E-state index contributed by atoms with van der Waals surface area (Å²) in [4.78, 5) is 26.8. The third-order valence-corrected chi connectivity index (χ3v) is 5.25. The van der Waals surface area contributed by atoms with E-state index in [1.165, 1.54) is 11.3 Å². The Morgan fingerprint density at radius 3 is 2.61 bits per heavy atom. The smallest absolute Gasteiger partial charge is 0.303 e. The minimum atomic E-state index is -0.758. The molecular formula is C17H19NO4S. The van der Waals surface area contributed by atoms with Gasteiger partial charge in [0.1, 0.15) is 11.5 Å². The highest BCUT2D eigenvalue weighted by Gasteiger charge is 2.26. The van der Waals surface area contributed by atoms with Crippen molar-refractivity contribution in [2.75, 3.05) is 13.1 Å². The normalized spacial score (nSPS) is 15.8. The molecular weight excluding hydrogens is 314 g/mol. The van der Waals surface area contributed by atoms with Crippen molar-refractivity contribution in [2.24, 2.45) is 5.92 Å². The van der Waals surface area contributed by atoms with Gasteiger partial charge in [0.25, 0.3) is 5.91 Å². The number of hydrogen-bond donors (Lipinski definition) is 1. The Hall–Kier alpha value is -2.08. The fourth-order valence-electron chi connectivity index (χ4n) is 2.90. The van der Waals surface area contributed by atoms with Gasteiger partial charge in [-0.2, -0.15) is 0 Å². The lowest BCUT2D eigenvalue weighted by Gasteiger charge is -2.31. The van der Waals surface area contributed by atoms with Crippen LogP contribution in [0.15, 0.2) is 28.7 Å². The summed E-state index contributed by atoms with van der Waals surface area (Å²) in [5.74, 6) is 1.08. The lowest BCUT2D eigenvalue weighted by molar-refractivity contribution is -0.138. The van der Waals surface area contributed by atoms with E-state index >= 15 is 0 Å². The van der Waals surface area contributed by atoms with Crippen molar-refractivity contribution in [1.82, 2.24) is 4.90 Å². The zero-order valence-electron chi connectivity index (χ0n) is 12.9. The molecule has 0 bridgehead atoms. The van der Waals surface area contributed by atoms with E-state index in [1.807, 2.05) is 36.1 Å². The van der Waals surface area contributed by atoms with Gasteiger partial charge < -0.3 is 14.4 Å². The highest BCUT2D eigenvalue weighted by Crippen LogP contribution is 2.31. The highest BCUT2D eigenvalue weighted by molar-refractivity contribution is 7.17. The van der Waals surface area contributed by atoms with Crippen LogP contribution in [0.5, 0.6) is 0 Å². The maximum absolute atomic E-state index is 12.6. The molecule has 23 heavy (non-hydrogen) atoms. The second-order valence-electron chi connectivity index (χ2n) is 5.91. The van der Waals surface area contributed by atoms with Crippen LogP contribution >= 0.6 is 11.3 Å². The Morgan fingerprint density at radius 2 is 2.00 bits per heavy atom. The Morgan fingerprint density at radius 1 is 1.26 bits per heavy atom. The lowest BCUT2D eigenvalue weighted by Crippen LogP contribution is -2.38. The molecule has 0 aliphatic carbocycles. The molecule has 1 N–H and O–H groups in total. The number of aryl methyl sites for hydroxylation is 1. The number of furan rings is 1. The van der Waals surface area contributed by atoms with Gasteiger partial charge in [0.2, 0.25) is 0 Å². The number of aliphatic carboxylic acids is 1. The predicted molar refractivity (Wildman–Crippen MR) is 87.6 cm³/mol. The zero-order chi connectivity index (χ0) is 16.4. The molecule has 2 aromatic rings. The van der Waals surface area contributed by atoms with Gasteiger partial charge in [-0.3, -0.25) is 9.59 Å². The molecule has 2 aromatic heterocycles. The summed E-state index contributed by atoms with van der Waals surface area (Å²) in [5, 5.41) is 8.84. The third kappa shape index (κ3) is 3.64. The molecule has 0 atom stereocenters. The number of amides is 1. The van der Waals surface area contributed by atoms with Crippen LogP contribution in [0.25, 0.3) is 10.6 Å². The second kappa shape index (κ2) is 6.58. The Labute approximate surface area is 138 Å². The summed E-state index contributed by atoms with van der Waals surface area (Å²) in [6.45, 7) is 3.15. The van der Waals surface area contributed by atoms with E-state index in [4.69, 9.17) is 9.52 Å². The van der Waals surface area contributed by atoms with Gasteiger partial charge in [0.05, 0.1) is 9.75 Å². The Bertz CT molecular complexity index is 710. The van der Waals surface area contributed by atoms with Crippen LogP contribution in [0.2, 0.25) is 0 Å². The van der Waals surface area contributed by atoms with Crippen LogP contribution < -0.4 is 0 Å². The number of carboxylic acid groups (broad SMARTS) is 1. The monoisotopic (exact) mass is 333 g/mol. The highest BCUT2D eigenvalue weighted by atomic mass is 32.1. The molecule has 0 radical (unpaired) electrons. The molecule has 0 saturated carbocycles. The maximum Gasteiger partial charge on any atom is 0.303 e. The quantitative estimate of drug-likeness (QED) is 0.927. The number of likely N-dealkylation sites (tertiary alicyclic amines) is 1. The van der Waals surface area contributed by atoms with Gasteiger partial charge in [-0.25, -0.2) is 0 Å². The van der Waals surface area contributed by atoms with Crippen LogP contribution in [-0.2, 0) is 4.79 Å². The molecule has 0 unspecified atom stereocenters. The topological polar surface area (TPSA) is 70.8 Å². The molecule has 1 amide bonds. The average molecular weight is 333 g/mol. The van der Waals surface area contributed by atoms with Crippen LogP contribution in [-0.4, -0.2) is 35.0 Å². The molecule has 1 aliphatic heterocycles. The summed E-state index contributed by atoms with van der Waals surface area (Å²) in [6.07, 6.45) is 1.71. The number of carbonyl (C=O) groups excluding carboxylic acids is 1. The van der Waals surface area contributed by atoms with Crippen molar-refractivity contribution in [2.45, 2.75) is 26.2 Å². The fourth-order valence-corrected chi connectivity index (χ4v) is 3.83. The van der Waals surface area contributed by atoms with Crippen molar-refractivity contribution in [1.29, 1.82) is 0 Å². The molecule has 3 heterocycles. The summed E-state index contributed by atoms with van der Waals surface area (Å²) >= 11 is 1.43. The number of carboxylic acids is 1. The van der Waals surface area contributed by atoms with Crippen LogP contribution in [0.3, 0.4) is 0 Å². The van der Waals surface area contributed by atoms with E-state index in [0.717, 1.165) is 29.2 Å². The van der Waals surface area contributed by atoms with E-state index in [2.05, 4.69) is 0 Å². The number of carbonyl (C=O) groups is 2. The molecule has 1 aliphatic rings. The first-order valence-electron chi connectivity index (χ1n) is 7.70. The van der Waals surface area contributed by atoms with Gasteiger partial charge in [-0.05, 0) is 49.9 Å². The first kappa shape index (κ1) is 15.8. The Kier molecular flexibility index (Phi) is 4.52. The van der Waals surface area contributed by atoms with Crippen molar-refractivity contribution >= 4 is 23.2 Å². The van der Waals surface area contributed by atoms with E-state index in [0.29, 0.717) is 18.0 Å². The van der Waals surface area contributed by atoms with E-state index < -0.39 is 5.97 Å². The minimum absolute atomic E-state index is 0.0262. The predicted octanol–water partition coefficient (Wildman–Crippen LogP) is 3.64. The van der Waals surface area contributed by atoms with E-state index in [9.17, 15) is 9.59 Å². The SMILES string of the molecule is Cc1ccc(-c2ccc(C(=O)N3CCC(CC(=O)O)CC3)s2)o1.